The number of hydrogen-bond donors (Lipinski definition) is 0. The largest absolute Gasteiger partial charge is 0.290 e. The zero-order valence-corrected chi connectivity index (χ0v) is 8.49. The molecule has 0 saturated carbocycles. The second kappa shape index (κ2) is 4.41. The van der Waals surface area contributed by atoms with Gasteiger partial charge in [-0.3, -0.25) is 4.90 Å². The van der Waals surface area contributed by atoms with Crippen molar-refractivity contribution >= 4 is 0 Å². The molecule has 2 nitrogen and oxygen atoms in total. The first kappa shape index (κ1) is 10.1. The van der Waals surface area contributed by atoms with Crippen LogP contribution < -0.4 is 0 Å². The van der Waals surface area contributed by atoms with Gasteiger partial charge >= 0.3 is 0 Å². The number of likely N-dealkylation sites (tertiary alicyclic amines) is 1. The van der Waals surface area contributed by atoms with Gasteiger partial charge in [0.25, 0.3) is 0 Å². The predicted molar refractivity (Wildman–Crippen MR) is 55.8 cm³/mol. The topological polar surface area (TPSA) is 27.0 Å². The maximum Gasteiger partial charge on any atom is 0.123 e. The van der Waals surface area contributed by atoms with E-state index in [-0.39, 0.29) is 5.82 Å². The number of nitriles is 1. The summed E-state index contributed by atoms with van der Waals surface area (Å²) in [6.45, 7) is 2.38. The molecule has 0 amide bonds. The molecule has 0 bridgehead atoms. The van der Waals surface area contributed by atoms with Crippen molar-refractivity contribution in [3.63, 3.8) is 0 Å². The predicted octanol–water partition coefficient (Wildman–Crippen LogP) is 2.14. The van der Waals surface area contributed by atoms with Crippen LogP contribution in [0.3, 0.4) is 0 Å². The molecule has 1 heterocycles. The van der Waals surface area contributed by atoms with Gasteiger partial charge in [0.1, 0.15) is 5.82 Å². The van der Waals surface area contributed by atoms with Crippen LogP contribution in [0.5, 0.6) is 0 Å². The highest BCUT2D eigenvalue weighted by atomic mass is 19.1. The third-order valence-corrected chi connectivity index (χ3v) is 2.91. The van der Waals surface area contributed by atoms with Crippen LogP contribution in [0.4, 0.5) is 4.39 Å². The molecule has 0 spiro atoms. The molecule has 1 aromatic carbocycles. The Morgan fingerprint density at radius 2 is 2.13 bits per heavy atom. The van der Waals surface area contributed by atoms with Crippen LogP contribution in [-0.2, 0) is 0 Å². The van der Waals surface area contributed by atoms with E-state index in [0.29, 0.717) is 12.5 Å². The lowest BCUT2D eigenvalue weighted by molar-refractivity contribution is 0.376. The molecule has 0 radical (unpaired) electrons. The Bertz CT molecular complexity index is 366. The maximum atomic E-state index is 12.7. The second-order valence-electron chi connectivity index (χ2n) is 3.93. The van der Waals surface area contributed by atoms with Crippen LogP contribution in [0.15, 0.2) is 24.3 Å². The summed E-state index contributed by atoms with van der Waals surface area (Å²) in [7, 11) is 0. The fraction of sp³-hybridized carbons (Fsp3) is 0.417. The normalized spacial score (nSPS) is 21.5. The standard InChI is InChI=1S/C12H13FN2/c13-12-3-1-10(2-4-12)11-5-7-15(9-11)8-6-14/h1-4,11H,5,7-9H2/t11-/m0/s1. The SMILES string of the molecule is N#CCN1CC[C@H](c2ccc(F)cc2)C1. The second-order valence-corrected chi connectivity index (χ2v) is 3.93. The summed E-state index contributed by atoms with van der Waals surface area (Å²) in [5.74, 6) is 0.268. The van der Waals surface area contributed by atoms with Gasteiger partial charge in [0.05, 0.1) is 12.6 Å². The van der Waals surface area contributed by atoms with Gasteiger partial charge in [-0.2, -0.15) is 5.26 Å². The van der Waals surface area contributed by atoms with E-state index in [2.05, 4.69) is 11.0 Å². The minimum atomic E-state index is -0.189. The van der Waals surface area contributed by atoms with E-state index in [1.807, 2.05) is 12.1 Å². The zero-order chi connectivity index (χ0) is 10.7. The van der Waals surface area contributed by atoms with Crippen molar-refractivity contribution in [3.05, 3.63) is 35.6 Å². The Hall–Kier alpha value is -1.40. The van der Waals surface area contributed by atoms with E-state index in [9.17, 15) is 4.39 Å². The summed E-state index contributed by atoms with van der Waals surface area (Å²) in [4.78, 5) is 2.13. The minimum absolute atomic E-state index is 0.189. The summed E-state index contributed by atoms with van der Waals surface area (Å²) in [6.07, 6.45) is 1.06. The van der Waals surface area contributed by atoms with E-state index in [1.54, 1.807) is 0 Å². The van der Waals surface area contributed by atoms with Gasteiger partial charge in [-0.25, -0.2) is 4.39 Å². The van der Waals surface area contributed by atoms with Crippen molar-refractivity contribution < 1.29 is 4.39 Å². The van der Waals surface area contributed by atoms with Gasteiger partial charge in [0.15, 0.2) is 0 Å². The van der Waals surface area contributed by atoms with Gasteiger partial charge < -0.3 is 0 Å². The molecule has 1 saturated heterocycles. The number of halogens is 1. The van der Waals surface area contributed by atoms with Crippen molar-refractivity contribution in [3.8, 4) is 6.07 Å². The molecule has 0 N–H and O–H groups in total. The van der Waals surface area contributed by atoms with Gasteiger partial charge in [-0.1, -0.05) is 12.1 Å². The number of benzene rings is 1. The molecule has 1 aliphatic heterocycles. The van der Waals surface area contributed by atoms with E-state index < -0.39 is 0 Å². The molecular weight excluding hydrogens is 191 g/mol. The Kier molecular flexibility index (Phi) is 2.98. The summed E-state index contributed by atoms with van der Waals surface area (Å²) >= 11 is 0. The van der Waals surface area contributed by atoms with Gasteiger partial charge in [-0.05, 0) is 36.6 Å². The molecule has 0 aliphatic carbocycles. The summed E-state index contributed by atoms with van der Waals surface area (Å²) in [5.41, 5.74) is 1.18. The lowest BCUT2D eigenvalue weighted by Gasteiger charge is -2.12. The molecule has 15 heavy (non-hydrogen) atoms. The quantitative estimate of drug-likeness (QED) is 0.690. The third-order valence-electron chi connectivity index (χ3n) is 2.91. The molecular formula is C12H13FN2. The summed E-state index contributed by atoms with van der Waals surface area (Å²) in [6, 6.07) is 8.85. The van der Waals surface area contributed by atoms with Gasteiger partial charge in [0, 0.05) is 6.54 Å². The minimum Gasteiger partial charge on any atom is -0.290 e. The van der Waals surface area contributed by atoms with Crippen molar-refractivity contribution in [2.24, 2.45) is 0 Å². The Labute approximate surface area is 88.9 Å². The van der Waals surface area contributed by atoms with E-state index in [1.165, 1.54) is 17.7 Å². The van der Waals surface area contributed by atoms with Crippen LogP contribution >= 0.6 is 0 Å². The van der Waals surface area contributed by atoms with Crippen molar-refractivity contribution in [1.82, 2.24) is 4.90 Å². The molecule has 1 aromatic rings. The highest BCUT2D eigenvalue weighted by molar-refractivity contribution is 5.22. The van der Waals surface area contributed by atoms with Crippen molar-refractivity contribution in [2.75, 3.05) is 19.6 Å². The lowest BCUT2D eigenvalue weighted by Crippen LogP contribution is -2.20. The summed E-state index contributed by atoms with van der Waals surface area (Å²) in [5, 5.41) is 8.58. The lowest BCUT2D eigenvalue weighted by atomic mass is 9.99. The average Bonchev–Trinajstić information content (AvgIpc) is 2.68. The van der Waals surface area contributed by atoms with Crippen LogP contribution in [0.1, 0.15) is 17.9 Å². The van der Waals surface area contributed by atoms with Crippen molar-refractivity contribution in [1.29, 1.82) is 5.26 Å². The first-order chi connectivity index (χ1) is 7.29. The summed E-state index contributed by atoms with van der Waals surface area (Å²) < 4.78 is 12.7. The average molecular weight is 204 g/mol. The van der Waals surface area contributed by atoms with E-state index in [4.69, 9.17) is 5.26 Å². The fourth-order valence-electron chi connectivity index (χ4n) is 2.08. The van der Waals surface area contributed by atoms with E-state index >= 15 is 0 Å². The molecule has 0 aromatic heterocycles. The first-order valence-corrected chi connectivity index (χ1v) is 5.14. The van der Waals surface area contributed by atoms with Crippen LogP contribution in [0.2, 0.25) is 0 Å². The number of rotatable bonds is 2. The smallest absolute Gasteiger partial charge is 0.123 e. The molecule has 0 unspecified atom stereocenters. The highest BCUT2D eigenvalue weighted by Gasteiger charge is 2.23. The number of nitrogens with zero attached hydrogens (tertiary/aromatic N) is 2. The van der Waals surface area contributed by atoms with Gasteiger partial charge in [0.2, 0.25) is 0 Å². The highest BCUT2D eigenvalue weighted by Crippen LogP contribution is 2.26. The zero-order valence-electron chi connectivity index (χ0n) is 8.49. The van der Waals surface area contributed by atoms with Crippen molar-refractivity contribution in [2.45, 2.75) is 12.3 Å². The first-order valence-electron chi connectivity index (χ1n) is 5.14. The fourth-order valence-corrected chi connectivity index (χ4v) is 2.08. The Morgan fingerprint density at radius 1 is 1.40 bits per heavy atom. The van der Waals surface area contributed by atoms with Gasteiger partial charge in [-0.15, -0.1) is 0 Å². The Balaban J connectivity index is 2.02. The molecule has 3 heteroatoms. The monoisotopic (exact) mass is 204 g/mol. The van der Waals surface area contributed by atoms with Crippen LogP contribution in [0.25, 0.3) is 0 Å². The molecule has 1 atom stereocenters. The molecule has 1 fully saturated rings. The van der Waals surface area contributed by atoms with E-state index in [0.717, 1.165) is 19.5 Å². The van der Waals surface area contributed by atoms with Crippen LogP contribution in [-0.4, -0.2) is 24.5 Å². The van der Waals surface area contributed by atoms with Crippen LogP contribution in [0, 0.1) is 17.1 Å². The third kappa shape index (κ3) is 2.34. The maximum absolute atomic E-state index is 12.7. The Morgan fingerprint density at radius 3 is 2.80 bits per heavy atom. The number of hydrogen-bond acceptors (Lipinski definition) is 2. The molecule has 78 valence electrons. The molecule has 2 rings (SSSR count). The molecule has 1 aliphatic rings.